The summed E-state index contributed by atoms with van der Waals surface area (Å²) >= 11 is 1.01. The molecule has 0 saturated heterocycles. The fourth-order valence-electron chi connectivity index (χ4n) is 2.51. The molecule has 0 aliphatic heterocycles. The number of hydrogen-bond acceptors (Lipinski definition) is 6. The van der Waals surface area contributed by atoms with Gasteiger partial charge in [0.2, 0.25) is 0 Å². The van der Waals surface area contributed by atoms with Gasteiger partial charge in [-0.05, 0) is 29.8 Å². The first-order valence-corrected chi connectivity index (χ1v) is 8.88. The van der Waals surface area contributed by atoms with E-state index in [-0.39, 0.29) is 27.4 Å². The normalized spacial score (nSPS) is 11.6. The summed E-state index contributed by atoms with van der Waals surface area (Å²) in [6, 6.07) is 9.10. The molecule has 0 fully saturated rings. The Morgan fingerprint density at radius 3 is 2.68 bits per heavy atom. The average molecular weight is 409 g/mol. The third-order valence-electron chi connectivity index (χ3n) is 3.91. The Hall–Kier alpha value is -3.01. The van der Waals surface area contributed by atoms with Crippen molar-refractivity contribution >= 4 is 28.6 Å². The van der Waals surface area contributed by atoms with Gasteiger partial charge < -0.3 is 10.6 Å². The molecule has 0 unspecified atom stereocenters. The van der Waals surface area contributed by atoms with Crippen LogP contribution in [-0.4, -0.2) is 22.7 Å². The van der Waals surface area contributed by atoms with Crippen molar-refractivity contribution in [3.63, 3.8) is 0 Å². The van der Waals surface area contributed by atoms with Crippen molar-refractivity contribution in [3.8, 4) is 0 Å². The second kappa shape index (κ2) is 7.55. The number of esters is 1. The van der Waals surface area contributed by atoms with E-state index in [4.69, 9.17) is 5.84 Å². The highest BCUT2D eigenvalue weighted by Crippen LogP contribution is 2.31. The quantitative estimate of drug-likeness (QED) is 0.308. The van der Waals surface area contributed by atoms with Crippen molar-refractivity contribution < 1.29 is 22.7 Å². The fraction of sp³-hybridized carbons (Fsp3) is 0.167. The maximum Gasteiger partial charge on any atom is 0.416 e. The number of carbonyl (C=O) groups is 1. The molecule has 2 aromatic carbocycles. The number of nitrogen functional groups attached to an aromatic ring is 1. The van der Waals surface area contributed by atoms with Crippen LogP contribution in [0.4, 0.5) is 13.2 Å². The molecule has 6 nitrogen and oxygen atoms in total. The van der Waals surface area contributed by atoms with Crippen LogP contribution in [0.3, 0.4) is 0 Å². The zero-order valence-corrected chi connectivity index (χ0v) is 15.3. The zero-order chi connectivity index (χ0) is 20.5. The molecule has 1 aromatic heterocycles. The lowest BCUT2D eigenvalue weighted by atomic mass is 10.1. The maximum atomic E-state index is 12.8. The molecule has 0 saturated carbocycles. The van der Waals surface area contributed by atoms with E-state index in [0.717, 1.165) is 28.6 Å². The van der Waals surface area contributed by atoms with Gasteiger partial charge in [-0.15, -0.1) is 0 Å². The van der Waals surface area contributed by atoms with Crippen LogP contribution < -0.4 is 11.4 Å². The Balaban J connectivity index is 1.94. The Morgan fingerprint density at radius 2 is 2.00 bits per heavy atom. The Bertz CT molecular complexity index is 1110. The minimum atomic E-state index is -4.44. The fourth-order valence-corrected chi connectivity index (χ4v) is 3.37. The van der Waals surface area contributed by atoms with Gasteiger partial charge in [0.25, 0.3) is 5.56 Å². The van der Waals surface area contributed by atoms with E-state index >= 15 is 0 Å². The Morgan fingerprint density at radius 1 is 1.25 bits per heavy atom. The molecule has 0 aliphatic rings. The van der Waals surface area contributed by atoms with Gasteiger partial charge in [0.15, 0.2) is 5.16 Å². The Kier molecular flexibility index (Phi) is 5.32. The van der Waals surface area contributed by atoms with Gasteiger partial charge >= 0.3 is 12.1 Å². The van der Waals surface area contributed by atoms with E-state index < -0.39 is 23.3 Å². The molecule has 2 N–H and O–H groups in total. The number of alkyl halides is 3. The molecule has 0 atom stereocenters. The largest absolute Gasteiger partial charge is 0.465 e. The van der Waals surface area contributed by atoms with Crippen molar-refractivity contribution in [1.29, 1.82) is 0 Å². The molecule has 0 amide bonds. The highest BCUT2D eigenvalue weighted by molar-refractivity contribution is 7.98. The van der Waals surface area contributed by atoms with E-state index in [9.17, 15) is 22.8 Å². The standard InChI is InChI=1S/C18H14F3N3O3S/c1-27-16(26)11-5-6-13-14(8-11)23-17(24(22)15(13)25)28-9-10-3-2-4-12(7-10)18(19,20)21/h2-8H,9,22H2,1H3. The van der Waals surface area contributed by atoms with E-state index in [0.29, 0.717) is 5.56 Å². The number of carbonyl (C=O) groups excluding carboxylic acids is 1. The van der Waals surface area contributed by atoms with Crippen LogP contribution in [0.5, 0.6) is 0 Å². The van der Waals surface area contributed by atoms with Gasteiger partial charge in [-0.2, -0.15) is 13.2 Å². The van der Waals surface area contributed by atoms with Crippen molar-refractivity contribution in [2.45, 2.75) is 17.1 Å². The summed E-state index contributed by atoms with van der Waals surface area (Å²) in [5.41, 5.74) is -0.443. The highest BCUT2D eigenvalue weighted by Gasteiger charge is 2.30. The summed E-state index contributed by atoms with van der Waals surface area (Å²) in [6.45, 7) is 0. The minimum absolute atomic E-state index is 0.108. The van der Waals surface area contributed by atoms with Crippen LogP contribution in [0.25, 0.3) is 10.9 Å². The van der Waals surface area contributed by atoms with Gasteiger partial charge in [0.1, 0.15) is 0 Å². The first kappa shape index (κ1) is 19.7. The number of fused-ring (bicyclic) bond motifs is 1. The van der Waals surface area contributed by atoms with Gasteiger partial charge in [0.05, 0.1) is 29.1 Å². The first-order valence-electron chi connectivity index (χ1n) is 7.90. The summed E-state index contributed by atoms with van der Waals surface area (Å²) in [5.74, 6) is 5.32. The molecular weight excluding hydrogens is 395 g/mol. The van der Waals surface area contributed by atoms with Gasteiger partial charge in [0, 0.05) is 5.75 Å². The number of methoxy groups -OCH3 is 1. The summed E-state index contributed by atoms with van der Waals surface area (Å²) in [5, 5.41) is 0.315. The van der Waals surface area contributed by atoms with Crippen LogP contribution in [-0.2, 0) is 16.7 Å². The van der Waals surface area contributed by atoms with Gasteiger partial charge in [-0.1, -0.05) is 30.0 Å². The van der Waals surface area contributed by atoms with E-state index in [2.05, 4.69) is 9.72 Å². The number of ether oxygens (including phenoxy) is 1. The third-order valence-corrected chi connectivity index (χ3v) is 4.94. The summed E-state index contributed by atoms with van der Waals surface area (Å²) in [6.07, 6.45) is -4.44. The summed E-state index contributed by atoms with van der Waals surface area (Å²) in [7, 11) is 1.23. The van der Waals surface area contributed by atoms with Crippen molar-refractivity contribution in [1.82, 2.24) is 9.66 Å². The predicted molar refractivity (Wildman–Crippen MR) is 98.5 cm³/mol. The van der Waals surface area contributed by atoms with E-state index in [1.54, 1.807) is 0 Å². The van der Waals surface area contributed by atoms with Gasteiger partial charge in [-0.25, -0.2) is 14.5 Å². The van der Waals surface area contributed by atoms with Crippen molar-refractivity contribution in [2.75, 3.05) is 13.0 Å². The zero-order valence-electron chi connectivity index (χ0n) is 14.5. The van der Waals surface area contributed by atoms with Crippen LogP contribution in [0.15, 0.2) is 52.4 Å². The number of thioether (sulfide) groups is 1. The van der Waals surface area contributed by atoms with E-state index in [1.165, 1.54) is 37.4 Å². The topological polar surface area (TPSA) is 87.2 Å². The van der Waals surface area contributed by atoms with Crippen molar-refractivity contribution in [2.24, 2.45) is 0 Å². The average Bonchev–Trinajstić information content (AvgIpc) is 2.68. The number of rotatable bonds is 4. The highest BCUT2D eigenvalue weighted by atomic mass is 32.2. The Labute approximate surface area is 161 Å². The number of halogens is 3. The molecular formula is C18H14F3N3O3S. The first-order chi connectivity index (χ1) is 13.2. The minimum Gasteiger partial charge on any atom is -0.465 e. The number of nitrogens with two attached hydrogens (primary N) is 1. The van der Waals surface area contributed by atoms with Crippen LogP contribution >= 0.6 is 11.8 Å². The molecule has 3 rings (SSSR count). The lowest BCUT2D eigenvalue weighted by Gasteiger charge is -2.10. The lowest BCUT2D eigenvalue weighted by Crippen LogP contribution is -2.29. The van der Waals surface area contributed by atoms with Crippen LogP contribution in [0.1, 0.15) is 21.5 Å². The van der Waals surface area contributed by atoms with E-state index in [1.807, 2.05) is 0 Å². The molecule has 0 radical (unpaired) electrons. The summed E-state index contributed by atoms with van der Waals surface area (Å²) < 4.78 is 44.0. The molecule has 146 valence electrons. The monoisotopic (exact) mass is 409 g/mol. The molecule has 1 heterocycles. The molecule has 28 heavy (non-hydrogen) atoms. The number of nitrogens with zero attached hydrogens (tertiary/aromatic N) is 2. The number of aromatic nitrogens is 2. The second-order valence-electron chi connectivity index (χ2n) is 5.78. The third kappa shape index (κ3) is 3.96. The molecule has 3 aromatic rings. The molecule has 0 aliphatic carbocycles. The smallest absolute Gasteiger partial charge is 0.416 e. The van der Waals surface area contributed by atoms with Crippen molar-refractivity contribution in [3.05, 3.63) is 69.5 Å². The predicted octanol–water partition coefficient (Wildman–Crippen LogP) is 3.21. The number of benzene rings is 2. The van der Waals surface area contributed by atoms with Crippen LogP contribution in [0, 0.1) is 0 Å². The summed E-state index contributed by atoms with van der Waals surface area (Å²) in [4.78, 5) is 28.3. The van der Waals surface area contributed by atoms with Crippen LogP contribution in [0.2, 0.25) is 0 Å². The molecule has 10 heteroatoms. The lowest BCUT2D eigenvalue weighted by molar-refractivity contribution is -0.137. The SMILES string of the molecule is COC(=O)c1ccc2c(=O)n(N)c(SCc3cccc(C(F)(F)F)c3)nc2c1. The van der Waals surface area contributed by atoms with Gasteiger partial charge in [-0.3, -0.25) is 4.79 Å². The molecule has 0 bridgehead atoms. The maximum absolute atomic E-state index is 12.8. The second-order valence-corrected chi connectivity index (χ2v) is 6.72. The molecule has 0 spiro atoms. The number of hydrogen-bond donors (Lipinski definition) is 1.